The lowest BCUT2D eigenvalue weighted by atomic mass is 10.2. The highest BCUT2D eigenvalue weighted by Crippen LogP contribution is 2.32. The Morgan fingerprint density at radius 2 is 1.86 bits per heavy atom. The van der Waals surface area contributed by atoms with Gasteiger partial charge in [0.1, 0.15) is 9.34 Å². The van der Waals surface area contributed by atoms with E-state index in [1.54, 1.807) is 0 Å². The second kappa shape index (κ2) is 6.11. The van der Waals surface area contributed by atoms with Crippen molar-refractivity contribution in [1.29, 1.82) is 0 Å². The standard InChI is InChI=1S/C13H7Cl2N3OS2/c14-9-6-8(10(15)20-9)11(19)16-13-18-17-12(21-13)7-4-2-1-3-5-7/h1-6H,(H,16,18,19). The molecule has 8 heteroatoms. The zero-order chi connectivity index (χ0) is 14.8. The van der Waals surface area contributed by atoms with Crippen LogP contribution in [0.5, 0.6) is 0 Å². The van der Waals surface area contributed by atoms with E-state index in [9.17, 15) is 4.79 Å². The minimum absolute atomic E-state index is 0.336. The number of carbonyl (C=O) groups excluding carboxylic acids is 1. The van der Waals surface area contributed by atoms with Crippen LogP contribution in [0.4, 0.5) is 5.13 Å². The van der Waals surface area contributed by atoms with E-state index in [1.165, 1.54) is 17.4 Å². The molecule has 0 spiro atoms. The van der Waals surface area contributed by atoms with Crippen molar-refractivity contribution in [2.45, 2.75) is 0 Å². The fraction of sp³-hybridized carbons (Fsp3) is 0. The maximum absolute atomic E-state index is 12.1. The van der Waals surface area contributed by atoms with Crippen LogP contribution in [-0.4, -0.2) is 16.1 Å². The molecule has 0 aliphatic heterocycles. The Kier molecular flexibility index (Phi) is 4.21. The Morgan fingerprint density at radius 1 is 1.10 bits per heavy atom. The number of hydrogen-bond acceptors (Lipinski definition) is 5. The number of rotatable bonds is 3. The number of hydrogen-bond donors (Lipinski definition) is 1. The summed E-state index contributed by atoms with van der Waals surface area (Å²) in [4.78, 5) is 12.1. The third kappa shape index (κ3) is 3.24. The van der Waals surface area contributed by atoms with Gasteiger partial charge in [0, 0.05) is 5.56 Å². The Labute approximate surface area is 138 Å². The number of carbonyl (C=O) groups is 1. The van der Waals surface area contributed by atoms with Gasteiger partial charge in [-0.05, 0) is 6.07 Å². The van der Waals surface area contributed by atoms with Crippen LogP contribution in [0, 0.1) is 0 Å². The molecule has 4 nitrogen and oxygen atoms in total. The summed E-state index contributed by atoms with van der Waals surface area (Å²) < 4.78 is 0.817. The SMILES string of the molecule is O=C(Nc1nnc(-c2ccccc2)s1)c1cc(Cl)sc1Cl. The molecule has 0 radical (unpaired) electrons. The van der Waals surface area contributed by atoms with Gasteiger partial charge in [-0.3, -0.25) is 10.1 Å². The first-order chi connectivity index (χ1) is 10.1. The number of amides is 1. The third-order valence-corrected chi connectivity index (χ3v) is 4.94. The predicted molar refractivity (Wildman–Crippen MR) is 87.6 cm³/mol. The van der Waals surface area contributed by atoms with Gasteiger partial charge in [0.15, 0.2) is 0 Å². The molecule has 2 aromatic heterocycles. The second-order valence-electron chi connectivity index (χ2n) is 3.97. The van der Waals surface area contributed by atoms with Crippen LogP contribution in [0.15, 0.2) is 36.4 Å². The van der Waals surface area contributed by atoms with E-state index in [4.69, 9.17) is 23.2 Å². The van der Waals surface area contributed by atoms with Crippen LogP contribution in [-0.2, 0) is 0 Å². The number of benzene rings is 1. The lowest BCUT2D eigenvalue weighted by Crippen LogP contribution is -2.11. The second-order valence-corrected chi connectivity index (χ2v) is 7.23. The largest absolute Gasteiger partial charge is 0.296 e. The lowest BCUT2D eigenvalue weighted by Gasteiger charge is -1.98. The first-order valence-corrected chi connectivity index (χ1v) is 8.17. The Morgan fingerprint density at radius 3 is 2.52 bits per heavy atom. The van der Waals surface area contributed by atoms with E-state index in [0.29, 0.717) is 19.4 Å². The van der Waals surface area contributed by atoms with Crippen LogP contribution in [0.2, 0.25) is 8.67 Å². The summed E-state index contributed by atoms with van der Waals surface area (Å²) >= 11 is 14.2. The van der Waals surface area contributed by atoms with Gasteiger partial charge in [0.25, 0.3) is 5.91 Å². The zero-order valence-corrected chi connectivity index (χ0v) is 13.5. The number of aromatic nitrogens is 2. The van der Waals surface area contributed by atoms with Gasteiger partial charge < -0.3 is 0 Å². The first-order valence-electron chi connectivity index (χ1n) is 5.78. The summed E-state index contributed by atoms with van der Waals surface area (Å²) in [7, 11) is 0. The van der Waals surface area contributed by atoms with Gasteiger partial charge in [-0.15, -0.1) is 21.5 Å². The molecule has 0 aliphatic rings. The lowest BCUT2D eigenvalue weighted by molar-refractivity contribution is 0.102. The molecule has 0 saturated heterocycles. The van der Waals surface area contributed by atoms with E-state index in [2.05, 4.69) is 15.5 Å². The maximum Gasteiger partial charge on any atom is 0.259 e. The minimum Gasteiger partial charge on any atom is -0.296 e. The molecule has 3 rings (SSSR count). The van der Waals surface area contributed by atoms with E-state index in [-0.39, 0.29) is 5.91 Å². The van der Waals surface area contributed by atoms with Crippen molar-refractivity contribution >= 4 is 56.9 Å². The summed E-state index contributed by atoms with van der Waals surface area (Å²) in [6.07, 6.45) is 0. The van der Waals surface area contributed by atoms with E-state index < -0.39 is 0 Å². The Bertz CT molecular complexity index is 786. The molecule has 106 valence electrons. The number of halogens is 2. The molecular weight excluding hydrogens is 349 g/mol. The Balaban J connectivity index is 1.79. The molecule has 0 saturated carbocycles. The summed E-state index contributed by atoms with van der Waals surface area (Å²) in [5.41, 5.74) is 1.29. The molecule has 21 heavy (non-hydrogen) atoms. The fourth-order valence-corrected chi connectivity index (χ4v) is 3.83. The highest BCUT2D eigenvalue weighted by atomic mass is 35.5. The van der Waals surface area contributed by atoms with E-state index in [1.807, 2.05) is 30.3 Å². The molecule has 1 N–H and O–H groups in total. The highest BCUT2D eigenvalue weighted by Gasteiger charge is 2.16. The van der Waals surface area contributed by atoms with Gasteiger partial charge in [-0.25, -0.2) is 0 Å². The first kappa shape index (κ1) is 14.5. The molecule has 0 bridgehead atoms. The summed E-state index contributed by atoms with van der Waals surface area (Å²) in [6.45, 7) is 0. The monoisotopic (exact) mass is 355 g/mol. The van der Waals surface area contributed by atoms with Crippen molar-refractivity contribution in [3.63, 3.8) is 0 Å². The molecular formula is C13H7Cl2N3OS2. The van der Waals surface area contributed by atoms with Crippen molar-refractivity contribution in [3.8, 4) is 10.6 Å². The fourth-order valence-electron chi connectivity index (χ4n) is 1.63. The molecule has 0 unspecified atom stereocenters. The topological polar surface area (TPSA) is 54.9 Å². The minimum atomic E-state index is -0.348. The van der Waals surface area contributed by atoms with Crippen LogP contribution in [0.25, 0.3) is 10.6 Å². The van der Waals surface area contributed by atoms with Crippen LogP contribution in [0.1, 0.15) is 10.4 Å². The Hall–Kier alpha value is -1.47. The van der Waals surface area contributed by atoms with Crippen molar-refractivity contribution < 1.29 is 4.79 Å². The number of anilines is 1. The van der Waals surface area contributed by atoms with Crippen LogP contribution >= 0.6 is 45.9 Å². The molecule has 0 aliphatic carbocycles. The molecule has 0 fully saturated rings. The van der Waals surface area contributed by atoms with E-state index in [0.717, 1.165) is 21.9 Å². The van der Waals surface area contributed by atoms with Gasteiger partial charge in [-0.1, -0.05) is 64.9 Å². The van der Waals surface area contributed by atoms with Crippen molar-refractivity contribution in [2.75, 3.05) is 5.32 Å². The highest BCUT2D eigenvalue weighted by molar-refractivity contribution is 7.20. The molecule has 1 aromatic carbocycles. The number of nitrogens with zero attached hydrogens (tertiary/aromatic N) is 2. The van der Waals surface area contributed by atoms with Crippen molar-refractivity contribution in [3.05, 3.63) is 50.6 Å². The van der Waals surface area contributed by atoms with Gasteiger partial charge in [0.05, 0.1) is 9.90 Å². The van der Waals surface area contributed by atoms with Gasteiger partial charge in [-0.2, -0.15) is 0 Å². The van der Waals surface area contributed by atoms with Crippen LogP contribution in [0.3, 0.4) is 0 Å². The van der Waals surface area contributed by atoms with Gasteiger partial charge in [0.2, 0.25) is 5.13 Å². The summed E-state index contributed by atoms with van der Waals surface area (Å²) in [5, 5.41) is 11.8. The smallest absolute Gasteiger partial charge is 0.259 e. The number of nitrogens with one attached hydrogen (secondary N) is 1. The van der Waals surface area contributed by atoms with Gasteiger partial charge >= 0.3 is 0 Å². The van der Waals surface area contributed by atoms with E-state index >= 15 is 0 Å². The normalized spacial score (nSPS) is 10.6. The number of thiophene rings is 1. The van der Waals surface area contributed by atoms with Crippen molar-refractivity contribution in [1.82, 2.24) is 10.2 Å². The average molecular weight is 356 g/mol. The average Bonchev–Trinajstić information content (AvgIpc) is 3.06. The van der Waals surface area contributed by atoms with Crippen LogP contribution < -0.4 is 5.32 Å². The maximum atomic E-state index is 12.1. The molecule has 0 atom stereocenters. The zero-order valence-electron chi connectivity index (χ0n) is 10.3. The molecule has 3 aromatic rings. The molecule has 2 heterocycles. The third-order valence-electron chi connectivity index (χ3n) is 2.57. The summed E-state index contributed by atoms with van der Waals surface area (Å²) in [5.74, 6) is -0.348. The van der Waals surface area contributed by atoms with Crippen molar-refractivity contribution in [2.24, 2.45) is 0 Å². The quantitative estimate of drug-likeness (QED) is 0.732. The predicted octanol–water partition coefficient (Wildman–Crippen LogP) is 4.83. The summed E-state index contributed by atoms with van der Waals surface area (Å²) in [6, 6.07) is 11.2. The molecule has 1 amide bonds.